The van der Waals surface area contributed by atoms with Gasteiger partial charge in [-0.15, -0.1) is 0 Å². The number of carbonyl (C=O) groups is 1. The van der Waals surface area contributed by atoms with Crippen LogP contribution in [0.3, 0.4) is 0 Å². The second-order valence-corrected chi connectivity index (χ2v) is 14.0. The SMILES string of the molecule is C[C@H](NP(=O)(OC[C@H]1O[C@@H](n2cnc3c(N)nc(N)nc32)[C@](C)(O)[C@@H]1F)Oc1cccc2ccccc12)C(=O)OCC(C)(C)C. The van der Waals surface area contributed by atoms with Crippen LogP contribution in [0.25, 0.3) is 21.9 Å². The average Bonchev–Trinajstić information content (AvgIpc) is 3.48. The number of nitrogen functional groups attached to an aromatic ring is 2. The Bertz CT molecular complexity index is 1760. The molecule has 0 bridgehead atoms. The lowest BCUT2D eigenvalue weighted by Crippen LogP contribution is -2.42. The third-order valence-corrected chi connectivity index (χ3v) is 8.77. The number of ether oxygens (including phenoxy) is 2. The zero-order chi connectivity index (χ0) is 32.7. The lowest BCUT2D eigenvalue weighted by Gasteiger charge is -2.26. The van der Waals surface area contributed by atoms with Gasteiger partial charge < -0.3 is 30.6 Å². The Labute approximate surface area is 258 Å². The molecule has 0 saturated carbocycles. The number of rotatable bonds is 10. The van der Waals surface area contributed by atoms with Crippen molar-refractivity contribution in [3.05, 3.63) is 48.8 Å². The van der Waals surface area contributed by atoms with Crippen molar-refractivity contribution in [1.29, 1.82) is 0 Å². The van der Waals surface area contributed by atoms with E-state index < -0.39 is 50.5 Å². The first-order valence-corrected chi connectivity index (χ1v) is 15.8. The van der Waals surface area contributed by atoms with E-state index in [0.717, 1.165) is 5.39 Å². The maximum absolute atomic E-state index is 15.8. The van der Waals surface area contributed by atoms with Gasteiger partial charge in [0.25, 0.3) is 0 Å². The Morgan fingerprint density at radius 3 is 2.67 bits per heavy atom. The van der Waals surface area contributed by atoms with Crippen molar-refractivity contribution in [2.75, 3.05) is 24.7 Å². The number of anilines is 2. The predicted molar refractivity (Wildman–Crippen MR) is 165 cm³/mol. The molecule has 16 heteroatoms. The molecule has 6 atom stereocenters. The van der Waals surface area contributed by atoms with Crippen LogP contribution in [-0.2, 0) is 23.4 Å². The molecule has 1 saturated heterocycles. The molecule has 0 amide bonds. The molecule has 2 aromatic heterocycles. The quantitative estimate of drug-likeness (QED) is 0.143. The van der Waals surface area contributed by atoms with Gasteiger partial charge in [-0.3, -0.25) is 13.9 Å². The number of imidazole rings is 1. The second kappa shape index (κ2) is 12.1. The molecule has 3 heterocycles. The normalized spacial score (nSPS) is 24.0. The maximum atomic E-state index is 15.8. The van der Waals surface area contributed by atoms with E-state index in [-0.39, 0.29) is 40.7 Å². The average molecular weight is 646 g/mol. The van der Waals surface area contributed by atoms with Gasteiger partial charge in [0.15, 0.2) is 23.9 Å². The zero-order valence-corrected chi connectivity index (χ0v) is 26.4. The van der Waals surface area contributed by atoms with E-state index in [1.807, 2.05) is 39.0 Å². The van der Waals surface area contributed by atoms with E-state index in [0.29, 0.717) is 5.39 Å². The number of benzene rings is 2. The summed E-state index contributed by atoms with van der Waals surface area (Å²) in [6.45, 7) is 7.86. The molecule has 4 aromatic rings. The largest absolute Gasteiger partial charge is 0.464 e. The van der Waals surface area contributed by atoms with Crippen LogP contribution < -0.4 is 21.1 Å². The number of fused-ring (bicyclic) bond motifs is 2. The molecule has 14 nitrogen and oxygen atoms in total. The highest BCUT2D eigenvalue weighted by atomic mass is 31.2. The number of nitrogens with one attached hydrogen (secondary N) is 1. The topological polar surface area (TPSA) is 199 Å². The van der Waals surface area contributed by atoms with E-state index in [9.17, 15) is 14.5 Å². The van der Waals surface area contributed by atoms with Crippen LogP contribution in [0.2, 0.25) is 0 Å². The summed E-state index contributed by atoms with van der Waals surface area (Å²) in [5.74, 6) is -0.638. The van der Waals surface area contributed by atoms with Gasteiger partial charge in [-0.05, 0) is 30.7 Å². The molecule has 0 radical (unpaired) electrons. The summed E-state index contributed by atoms with van der Waals surface area (Å²) in [5.41, 5.74) is 9.52. The smallest absolute Gasteiger partial charge is 0.459 e. The molecular weight excluding hydrogens is 608 g/mol. The van der Waals surface area contributed by atoms with Gasteiger partial charge in [0.05, 0.1) is 19.5 Å². The summed E-state index contributed by atoms with van der Waals surface area (Å²) in [6, 6.07) is 11.3. The van der Waals surface area contributed by atoms with Crippen LogP contribution in [0.15, 0.2) is 48.8 Å². The van der Waals surface area contributed by atoms with E-state index in [1.54, 1.807) is 24.3 Å². The predicted octanol–water partition coefficient (Wildman–Crippen LogP) is 3.90. The van der Waals surface area contributed by atoms with Crippen molar-refractivity contribution in [2.24, 2.45) is 5.41 Å². The molecule has 1 unspecified atom stereocenters. The molecule has 45 heavy (non-hydrogen) atoms. The monoisotopic (exact) mass is 645 g/mol. The van der Waals surface area contributed by atoms with Gasteiger partial charge in [0, 0.05) is 5.39 Å². The summed E-state index contributed by atoms with van der Waals surface area (Å²) in [7, 11) is -4.42. The molecule has 1 aliphatic heterocycles. The summed E-state index contributed by atoms with van der Waals surface area (Å²) < 4.78 is 54.3. The molecule has 6 N–H and O–H groups in total. The molecular formula is C29H37FN7O7P. The Morgan fingerprint density at radius 1 is 1.22 bits per heavy atom. The van der Waals surface area contributed by atoms with Gasteiger partial charge in [-0.1, -0.05) is 57.2 Å². The summed E-state index contributed by atoms with van der Waals surface area (Å²) in [4.78, 5) is 24.9. The van der Waals surface area contributed by atoms with Gasteiger partial charge >= 0.3 is 13.7 Å². The van der Waals surface area contributed by atoms with Gasteiger partial charge in [-0.2, -0.15) is 15.1 Å². The van der Waals surface area contributed by atoms with Gasteiger partial charge in [0.2, 0.25) is 5.95 Å². The summed E-state index contributed by atoms with van der Waals surface area (Å²) in [5, 5.41) is 15.2. The van der Waals surface area contributed by atoms with Crippen molar-refractivity contribution >= 4 is 47.4 Å². The Morgan fingerprint density at radius 2 is 1.93 bits per heavy atom. The molecule has 2 aromatic carbocycles. The van der Waals surface area contributed by atoms with Crippen LogP contribution in [-0.4, -0.2) is 67.7 Å². The number of alkyl halides is 1. The Balaban J connectivity index is 1.40. The number of halogens is 1. The van der Waals surface area contributed by atoms with Crippen LogP contribution in [0.4, 0.5) is 16.2 Å². The minimum Gasteiger partial charge on any atom is -0.464 e. The number of nitrogens with two attached hydrogens (primary N) is 2. The van der Waals surface area contributed by atoms with Crippen molar-refractivity contribution < 1.29 is 37.4 Å². The van der Waals surface area contributed by atoms with Crippen molar-refractivity contribution in [3.63, 3.8) is 0 Å². The third kappa shape index (κ3) is 6.87. The van der Waals surface area contributed by atoms with Crippen molar-refractivity contribution in [1.82, 2.24) is 24.6 Å². The minimum atomic E-state index is -4.42. The highest BCUT2D eigenvalue weighted by Gasteiger charge is 2.55. The van der Waals surface area contributed by atoms with E-state index in [1.165, 1.54) is 24.7 Å². The number of carbonyl (C=O) groups excluding carboxylic acids is 1. The molecule has 242 valence electrons. The fraction of sp³-hybridized carbons (Fsp3) is 0.448. The van der Waals surface area contributed by atoms with Crippen LogP contribution in [0.5, 0.6) is 5.75 Å². The molecule has 5 rings (SSSR count). The summed E-state index contributed by atoms with van der Waals surface area (Å²) in [6.07, 6.45) is -3.55. The number of aromatic nitrogens is 4. The number of nitrogens with zero attached hydrogens (tertiary/aromatic N) is 4. The lowest BCUT2D eigenvalue weighted by atomic mass is 9.98. The highest BCUT2D eigenvalue weighted by molar-refractivity contribution is 7.52. The molecule has 1 aliphatic rings. The van der Waals surface area contributed by atoms with E-state index >= 15 is 4.39 Å². The first kappa shape index (κ1) is 32.5. The number of aliphatic hydroxyl groups is 1. The minimum absolute atomic E-state index is 0.00156. The highest BCUT2D eigenvalue weighted by Crippen LogP contribution is 2.49. The van der Waals surface area contributed by atoms with E-state index in [4.69, 9.17) is 30.0 Å². The fourth-order valence-corrected chi connectivity index (χ4v) is 6.37. The Kier molecular flexibility index (Phi) is 8.77. The van der Waals surface area contributed by atoms with Crippen LogP contribution in [0.1, 0.15) is 40.8 Å². The zero-order valence-electron chi connectivity index (χ0n) is 25.5. The van der Waals surface area contributed by atoms with Crippen molar-refractivity contribution in [2.45, 2.75) is 64.8 Å². The van der Waals surface area contributed by atoms with Gasteiger partial charge in [-0.25, -0.2) is 13.9 Å². The Hall–Kier alpha value is -3.88. The number of hydrogen-bond acceptors (Lipinski definition) is 12. The van der Waals surface area contributed by atoms with Gasteiger partial charge in [0.1, 0.15) is 29.0 Å². The van der Waals surface area contributed by atoms with Crippen LogP contribution in [0, 0.1) is 5.41 Å². The fourth-order valence-electron chi connectivity index (χ4n) is 4.85. The number of esters is 1. The van der Waals surface area contributed by atoms with E-state index in [2.05, 4.69) is 20.0 Å². The standard InChI is InChI=1S/C29H37FN7O7P/c1-16(25(38)41-14-28(2,3)4)36-45(40,44-19-12-8-10-17-9-6-7-11-18(17)19)42-13-20-22(30)29(5,39)26(43-20)37-15-33-21-23(31)34-27(32)35-24(21)37/h6-12,15-16,20,22,26,39H,13-14H2,1-5H3,(H,36,40)(H4,31,32,34,35)/t16-,20+,22+,26+,29+,45?/m0/s1. The summed E-state index contributed by atoms with van der Waals surface area (Å²) >= 11 is 0. The van der Waals surface area contributed by atoms with Crippen molar-refractivity contribution in [3.8, 4) is 5.75 Å². The first-order chi connectivity index (χ1) is 21.1. The van der Waals surface area contributed by atoms with Crippen LogP contribution >= 0.6 is 7.75 Å². The molecule has 0 aliphatic carbocycles. The number of hydrogen-bond donors (Lipinski definition) is 4. The molecule has 1 fully saturated rings. The second-order valence-electron chi connectivity index (χ2n) is 12.3. The first-order valence-electron chi connectivity index (χ1n) is 14.2. The lowest BCUT2D eigenvalue weighted by molar-refractivity contribution is -0.148. The maximum Gasteiger partial charge on any atom is 0.459 e. The third-order valence-electron chi connectivity index (χ3n) is 7.14. The molecule has 0 spiro atoms.